The SMILES string of the molecule is Cc1ccccc1-c1nn(Cc2ccc(F)cc2)cc1N. The second-order valence-corrected chi connectivity index (χ2v) is 5.07. The molecule has 3 rings (SSSR count). The molecule has 0 aliphatic rings. The summed E-state index contributed by atoms with van der Waals surface area (Å²) in [4.78, 5) is 0. The van der Waals surface area contributed by atoms with Gasteiger partial charge in [0.1, 0.15) is 11.5 Å². The Morgan fingerprint density at radius 1 is 1.10 bits per heavy atom. The Morgan fingerprint density at radius 3 is 2.52 bits per heavy atom. The fourth-order valence-corrected chi connectivity index (χ4v) is 2.34. The van der Waals surface area contributed by atoms with E-state index in [0.29, 0.717) is 12.2 Å². The molecule has 0 fully saturated rings. The molecule has 0 amide bonds. The zero-order valence-electron chi connectivity index (χ0n) is 11.8. The third-order valence-corrected chi connectivity index (χ3v) is 3.45. The molecule has 1 heterocycles. The molecule has 0 aliphatic carbocycles. The van der Waals surface area contributed by atoms with E-state index in [0.717, 1.165) is 22.4 Å². The molecule has 0 saturated heterocycles. The van der Waals surface area contributed by atoms with Gasteiger partial charge in [-0.05, 0) is 30.2 Å². The summed E-state index contributed by atoms with van der Waals surface area (Å²) in [5.41, 5.74) is 10.7. The highest BCUT2D eigenvalue weighted by Gasteiger charge is 2.10. The summed E-state index contributed by atoms with van der Waals surface area (Å²) in [5, 5.41) is 4.56. The highest BCUT2D eigenvalue weighted by molar-refractivity contribution is 5.74. The Kier molecular flexibility index (Phi) is 3.44. The van der Waals surface area contributed by atoms with E-state index in [9.17, 15) is 4.39 Å². The predicted molar refractivity (Wildman–Crippen MR) is 82.3 cm³/mol. The number of rotatable bonds is 3. The first-order valence-corrected chi connectivity index (χ1v) is 6.77. The predicted octanol–water partition coefficient (Wildman–Crippen LogP) is 3.63. The number of halogens is 1. The zero-order valence-corrected chi connectivity index (χ0v) is 11.8. The Hall–Kier alpha value is -2.62. The summed E-state index contributed by atoms with van der Waals surface area (Å²) in [6.45, 7) is 2.60. The summed E-state index contributed by atoms with van der Waals surface area (Å²) in [6, 6.07) is 14.4. The van der Waals surface area contributed by atoms with Crippen molar-refractivity contribution in [1.82, 2.24) is 9.78 Å². The van der Waals surface area contributed by atoms with Crippen molar-refractivity contribution in [3.63, 3.8) is 0 Å². The maximum absolute atomic E-state index is 12.9. The lowest BCUT2D eigenvalue weighted by Gasteiger charge is -2.03. The van der Waals surface area contributed by atoms with Gasteiger partial charge in [0.15, 0.2) is 0 Å². The Balaban J connectivity index is 1.91. The topological polar surface area (TPSA) is 43.8 Å². The number of hydrogen-bond acceptors (Lipinski definition) is 2. The quantitative estimate of drug-likeness (QED) is 0.796. The van der Waals surface area contributed by atoms with Crippen molar-refractivity contribution in [3.8, 4) is 11.3 Å². The first-order chi connectivity index (χ1) is 10.1. The lowest BCUT2D eigenvalue weighted by atomic mass is 10.1. The first-order valence-electron chi connectivity index (χ1n) is 6.77. The first kappa shape index (κ1) is 13.4. The van der Waals surface area contributed by atoms with Crippen LogP contribution in [-0.4, -0.2) is 9.78 Å². The van der Waals surface area contributed by atoms with Crippen LogP contribution in [0.15, 0.2) is 54.7 Å². The highest BCUT2D eigenvalue weighted by Crippen LogP contribution is 2.27. The van der Waals surface area contributed by atoms with Gasteiger partial charge in [0.2, 0.25) is 0 Å². The number of aryl methyl sites for hydroxylation is 1. The van der Waals surface area contributed by atoms with Gasteiger partial charge in [-0.3, -0.25) is 4.68 Å². The van der Waals surface area contributed by atoms with Gasteiger partial charge in [-0.15, -0.1) is 0 Å². The van der Waals surface area contributed by atoms with E-state index in [1.165, 1.54) is 12.1 Å². The third-order valence-electron chi connectivity index (χ3n) is 3.45. The number of benzene rings is 2. The van der Waals surface area contributed by atoms with Crippen molar-refractivity contribution in [3.05, 3.63) is 71.7 Å². The van der Waals surface area contributed by atoms with Crippen molar-refractivity contribution in [2.24, 2.45) is 0 Å². The minimum atomic E-state index is -0.237. The van der Waals surface area contributed by atoms with Crippen LogP contribution in [0.1, 0.15) is 11.1 Å². The molecule has 2 aromatic carbocycles. The van der Waals surface area contributed by atoms with Crippen LogP contribution in [0.2, 0.25) is 0 Å². The third kappa shape index (κ3) is 2.79. The van der Waals surface area contributed by atoms with Gasteiger partial charge in [-0.25, -0.2) is 4.39 Å². The van der Waals surface area contributed by atoms with Crippen molar-refractivity contribution in [2.75, 3.05) is 5.73 Å². The van der Waals surface area contributed by atoms with Gasteiger partial charge in [-0.1, -0.05) is 36.4 Å². The van der Waals surface area contributed by atoms with E-state index in [4.69, 9.17) is 5.73 Å². The van der Waals surface area contributed by atoms with Crippen molar-refractivity contribution in [2.45, 2.75) is 13.5 Å². The molecule has 3 nitrogen and oxygen atoms in total. The molecule has 3 aromatic rings. The lowest BCUT2D eigenvalue weighted by Crippen LogP contribution is -2.00. The van der Waals surface area contributed by atoms with Crippen LogP contribution in [0.3, 0.4) is 0 Å². The summed E-state index contributed by atoms with van der Waals surface area (Å²) < 4.78 is 14.7. The van der Waals surface area contributed by atoms with Crippen molar-refractivity contribution >= 4 is 5.69 Å². The molecule has 0 saturated carbocycles. The molecule has 0 bridgehead atoms. The lowest BCUT2D eigenvalue weighted by molar-refractivity contribution is 0.624. The summed E-state index contributed by atoms with van der Waals surface area (Å²) in [5.74, 6) is -0.237. The van der Waals surface area contributed by atoms with E-state index in [1.807, 2.05) is 37.4 Å². The smallest absolute Gasteiger partial charge is 0.123 e. The number of nitrogens with two attached hydrogens (primary N) is 1. The number of nitrogens with zero attached hydrogens (tertiary/aromatic N) is 2. The maximum atomic E-state index is 12.9. The average Bonchev–Trinajstić information content (AvgIpc) is 2.83. The summed E-state index contributed by atoms with van der Waals surface area (Å²) >= 11 is 0. The molecular weight excluding hydrogens is 265 g/mol. The van der Waals surface area contributed by atoms with E-state index in [2.05, 4.69) is 5.10 Å². The largest absolute Gasteiger partial charge is 0.396 e. The maximum Gasteiger partial charge on any atom is 0.123 e. The van der Waals surface area contributed by atoms with Gasteiger partial charge in [0.25, 0.3) is 0 Å². The fourth-order valence-electron chi connectivity index (χ4n) is 2.34. The number of aromatic nitrogens is 2. The second kappa shape index (κ2) is 5.40. The van der Waals surface area contributed by atoms with Gasteiger partial charge < -0.3 is 5.73 Å². The molecule has 1 aromatic heterocycles. The monoisotopic (exact) mass is 281 g/mol. The molecular formula is C17H16FN3. The van der Waals surface area contributed by atoms with Crippen molar-refractivity contribution in [1.29, 1.82) is 0 Å². The normalized spacial score (nSPS) is 10.8. The molecule has 0 aliphatic heterocycles. The molecule has 106 valence electrons. The van der Waals surface area contributed by atoms with Gasteiger partial charge in [0.05, 0.1) is 12.2 Å². The average molecular weight is 281 g/mol. The van der Waals surface area contributed by atoms with Gasteiger partial charge in [0, 0.05) is 11.8 Å². The fraction of sp³-hybridized carbons (Fsp3) is 0.118. The molecule has 4 heteroatoms. The number of hydrogen-bond donors (Lipinski definition) is 1. The van der Waals surface area contributed by atoms with E-state index in [-0.39, 0.29) is 5.82 Å². The summed E-state index contributed by atoms with van der Waals surface area (Å²) in [6.07, 6.45) is 1.81. The van der Waals surface area contributed by atoms with Crippen LogP contribution in [0.4, 0.5) is 10.1 Å². The van der Waals surface area contributed by atoms with Crippen LogP contribution in [0.5, 0.6) is 0 Å². The van der Waals surface area contributed by atoms with E-state index < -0.39 is 0 Å². The minimum Gasteiger partial charge on any atom is -0.396 e. The molecule has 21 heavy (non-hydrogen) atoms. The molecule has 0 atom stereocenters. The Bertz CT molecular complexity index is 760. The van der Waals surface area contributed by atoms with Crippen LogP contribution >= 0.6 is 0 Å². The van der Waals surface area contributed by atoms with E-state index in [1.54, 1.807) is 16.8 Å². The molecule has 2 N–H and O–H groups in total. The summed E-state index contributed by atoms with van der Waals surface area (Å²) in [7, 11) is 0. The van der Waals surface area contributed by atoms with Gasteiger partial charge in [-0.2, -0.15) is 5.10 Å². The molecule has 0 unspecified atom stereocenters. The number of anilines is 1. The zero-order chi connectivity index (χ0) is 14.8. The Morgan fingerprint density at radius 2 is 1.81 bits per heavy atom. The van der Waals surface area contributed by atoms with E-state index >= 15 is 0 Å². The molecule has 0 radical (unpaired) electrons. The van der Waals surface area contributed by atoms with Crippen molar-refractivity contribution < 1.29 is 4.39 Å². The second-order valence-electron chi connectivity index (χ2n) is 5.07. The van der Waals surface area contributed by atoms with Crippen LogP contribution in [-0.2, 0) is 6.54 Å². The minimum absolute atomic E-state index is 0.237. The highest BCUT2D eigenvalue weighted by atomic mass is 19.1. The Labute approximate surface area is 122 Å². The standard InChI is InChI=1S/C17H16FN3/c1-12-4-2-3-5-15(12)17-16(19)11-21(20-17)10-13-6-8-14(18)9-7-13/h2-9,11H,10,19H2,1H3. The van der Waals surface area contributed by atoms with Crippen LogP contribution in [0, 0.1) is 12.7 Å². The van der Waals surface area contributed by atoms with Gasteiger partial charge >= 0.3 is 0 Å². The number of nitrogen functional groups attached to an aromatic ring is 1. The van der Waals surface area contributed by atoms with Crippen LogP contribution in [0.25, 0.3) is 11.3 Å². The molecule has 0 spiro atoms. The van der Waals surface area contributed by atoms with Crippen LogP contribution < -0.4 is 5.73 Å².